The number of fused-ring (bicyclic) bond motifs is 1. The Kier molecular flexibility index (Phi) is 4.39. The van der Waals surface area contributed by atoms with Gasteiger partial charge in [-0.3, -0.25) is 0 Å². The fourth-order valence-corrected chi connectivity index (χ4v) is 3.16. The molecule has 0 spiro atoms. The molecule has 0 saturated heterocycles. The van der Waals surface area contributed by atoms with E-state index in [1.807, 2.05) is 36.4 Å². The lowest BCUT2D eigenvalue weighted by Crippen LogP contribution is -2.25. The van der Waals surface area contributed by atoms with Gasteiger partial charge in [-0.1, -0.05) is 35.3 Å². The van der Waals surface area contributed by atoms with E-state index in [-0.39, 0.29) is 6.04 Å². The molecule has 2 aromatic carbocycles. The Morgan fingerprint density at radius 3 is 2.57 bits per heavy atom. The molecule has 1 aliphatic rings. The van der Waals surface area contributed by atoms with Gasteiger partial charge in [-0.25, -0.2) is 0 Å². The van der Waals surface area contributed by atoms with Crippen molar-refractivity contribution in [1.29, 1.82) is 0 Å². The number of rotatable bonds is 4. The summed E-state index contributed by atoms with van der Waals surface area (Å²) in [4.78, 5) is 0. The van der Waals surface area contributed by atoms with Crippen LogP contribution < -0.4 is 10.5 Å². The van der Waals surface area contributed by atoms with Crippen molar-refractivity contribution in [2.45, 2.75) is 25.3 Å². The predicted molar refractivity (Wildman–Crippen MR) is 87.5 cm³/mol. The van der Waals surface area contributed by atoms with Gasteiger partial charge in [-0.2, -0.15) is 0 Å². The van der Waals surface area contributed by atoms with E-state index in [0.29, 0.717) is 0 Å². The second-order valence-corrected chi connectivity index (χ2v) is 6.32. The van der Waals surface area contributed by atoms with Crippen molar-refractivity contribution < 1.29 is 4.74 Å². The van der Waals surface area contributed by atoms with Gasteiger partial charge in [0, 0.05) is 22.5 Å². The average Bonchev–Trinajstić information content (AvgIpc) is 2.89. The van der Waals surface area contributed by atoms with Crippen molar-refractivity contribution in [3.8, 4) is 5.75 Å². The zero-order valence-corrected chi connectivity index (χ0v) is 13.1. The molecule has 0 amide bonds. The largest absolute Gasteiger partial charge is 0.493 e. The summed E-state index contributed by atoms with van der Waals surface area (Å²) >= 11 is 12.1. The van der Waals surface area contributed by atoms with Crippen molar-refractivity contribution in [3.05, 3.63) is 63.1 Å². The molecular weight excluding hydrogens is 305 g/mol. The smallest absolute Gasteiger partial charge is 0.125 e. The molecular formula is C17H17Cl2NO. The number of hydrogen-bond acceptors (Lipinski definition) is 2. The molecule has 1 atom stereocenters. The van der Waals surface area contributed by atoms with Gasteiger partial charge in [-0.15, -0.1) is 0 Å². The predicted octanol–water partition coefficient (Wildman–Crippen LogP) is 4.04. The summed E-state index contributed by atoms with van der Waals surface area (Å²) in [5.74, 6) is 0.978. The minimum Gasteiger partial charge on any atom is -0.493 e. The van der Waals surface area contributed by atoms with E-state index in [1.54, 1.807) is 0 Å². The molecule has 21 heavy (non-hydrogen) atoms. The maximum absolute atomic E-state index is 6.29. The number of halogens is 2. The van der Waals surface area contributed by atoms with Crippen molar-refractivity contribution in [2.24, 2.45) is 5.73 Å². The van der Waals surface area contributed by atoms with Gasteiger partial charge >= 0.3 is 0 Å². The highest BCUT2D eigenvalue weighted by atomic mass is 35.5. The van der Waals surface area contributed by atoms with E-state index in [2.05, 4.69) is 0 Å². The highest BCUT2D eigenvalue weighted by molar-refractivity contribution is 6.31. The lowest BCUT2D eigenvalue weighted by Gasteiger charge is -2.15. The topological polar surface area (TPSA) is 35.2 Å². The molecule has 2 nitrogen and oxygen atoms in total. The standard InChI is InChI=1S/C17H17Cl2NO/c18-14-3-1-11(2-4-14)7-16(20)10-13-9-15(19)8-12-5-6-21-17(12)13/h1-4,8-9,16H,5-7,10,20H2. The molecule has 2 N–H and O–H groups in total. The fourth-order valence-electron chi connectivity index (χ4n) is 2.78. The Balaban J connectivity index is 1.73. The maximum Gasteiger partial charge on any atom is 0.125 e. The molecule has 0 aromatic heterocycles. The molecule has 3 rings (SSSR count). The Bertz CT molecular complexity index is 640. The van der Waals surface area contributed by atoms with E-state index in [0.717, 1.165) is 47.2 Å². The van der Waals surface area contributed by atoms with Gasteiger partial charge in [0.2, 0.25) is 0 Å². The molecule has 0 saturated carbocycles. The Hall–Kier alpha value is -1.22. The molecule has 2 aromatic rings. The molecule has 1 aliphatic heterocycles. The molecule has 0 bridgehead atoms. The third-order valence-electron chi connectivity index (χ3n) is 3.72. The molecule has 0 aliphatic carbocycles. The fraction of sp³-hybridized carbons (Fsp3) is 0.294. The number of nitrogens with two attached hydrogens (primary N) is 1. The summed E-state index contributed by atoms with van der Waals surface area (Å²) in [5.41, 5.74) is 9.77. The molecule has 1 unspecified atom stereocenters. The van der Waals surface area contributed by atoms with E-state index in [1.165, 1.54) is 11.1 Å². The lowest BCUT2D eigenvalue weighted by atomic mass is 9.97. The second-order valence-electron chi connectivity index (χ2n) is 5.45. The van der Waals surface area contributed by atoms with Crippen LogP contribution in [0.3, 0.4) is 0 Å². The highest BCUT2D eigenvalue weighted by Crippen LogP contribution is 2.33. The highest BCUT2D eigenvalue weighted by Gasteiger charge is 2.19. The second kappa shape index (κ2) is 6.27. The van der Waals surface area contributed by atoms with Crippen LogP contribution in [-0.2, 0) is 19.3 Å². The molecule has 4 heteroatoms. The third-order valence-corrected chi connectivity index (χ3v) is 4.19. The molecule has 110 valence electrons. The van der Waals surface area contributed by atoms with Crippen molar-refractivity contribution in [1.82, 2.24) is 0 Å². The van der Waals surface area contributed by atoms with E-state index in [9.17, 15) is 0 Å². The van der Waals surface area contributed by atoms with Crippen LogP contribution >= 0.6 is 23.2 Å². The Labute approximate surface area is 134 Å². The van der Waals surface area contributed by atoms with Crippen LogP contribution in [0.15, 0.2) is 36.4 Å². The van der Waals surface area contributed by atoms with E-state index < -0.39 is 0 Å². The summed E-state index contributed by atoms with van der Waals surface area (Å²) in [6.07, 6.45) is 2.49. The number of benzene rings is 2. The number of hydrogen-bond donors (Lipinski definition) is 1. The Morgan fingerprint density at radius 2 is 1.81 bits per heavy atom. The van der Waals surface area contributed by atoms with Gasteiger partial charge in [0.25, 0.3) is 0 Å². The molecule has 0 fully saturated rings. The quantitative estimate of drug-likeness (QED) is 0.922. The third kappa shape index (κ3) is 3.52. The lowest BCUT2D eigenvalue weighted by molar-refractivity contribution is 0.352. The average molecular weight is 322 g/mol. The van der Waals surface area contributed by atoms with Gasteiger partial charge < -0.3 is 10.5 Å². The molecule has 1 heterocycles. The first-order chi connectivity index (χ1) is 10.1. The van der Waals surface area contributed by atoms with Crippen molar-refractivity contribution in [3.63, 3.8) is 0 Å². The summed E-state index contributed by atoms with van der Waals surface area (Å²) in [5, 5.41) is 1.50. The zero-order valence-electron chi connectivity index (χ0n) is 11.6. The zero-order chi connectivity index (χ0) is 14.8. The first-order valence-electron chi connectivity index (χ1n) is 7.06. The van der Waals surface area contributed by atoms with Crippen LogP contribution in [0.25, 0.3) is 0 Å². The maximum atomic E-state index is 6.29. The van der Waals surface area contributed by atoms with Crippen molar-refractivity contribution >= 4 is 23.2 Å². The van der Waals surface area contributed by atoms with Crippen LogP contribution in [0.4, 0.5) is 0 Å². The van der Waals surface area contributed by atoms with Gasteiger partial charge in [0.15, 0.2) is 0 Å². The normalized spacial score (nSPS) is 14.6. The van der Waals surface area contributed by atoms with E-state index >= 15 is 0 Å². The summed E-state index contributed by atoms with van der Waals surface area (Å²) in [6, 6.07) is 11.8. The minimum atomic E-state index is 0.0259. The van der Waals surface area contributed by atoms with Crippen molar-refractivity contribution in [2.75, 3.05) is 6.61 Å². The summed E-state index contributed by atoms with van der Waals surface area (Å²) < 4.78 is 5.72. The van der Waals surface area contributed by atoms with Gasteiger partial charge in [0.1, 0.15) is 5.75 Å². The van der Waals surface area contributed by atoms with E-state index in [4.69, 9.17) is 33.7 Å². The van der Waals surface area contributed by atoms with Gasteiger partial charge in [0.05, 0.1) is 6.61 Å². The molecule has 0 radical (unpaired) electrons. The number of ether oxygens (including phenoxy) is 1. The SMILES string of the molecule is NC(Cc1ccc(Cl)cc1)Cc1cc(Cl)cc2c1OCC2. The van der Waals surface area contributed by atoms with Crippen LogP contribution in [0.5, 0.6) is 5.75 Å². The Morgan fingerprint density at radius 1 is 1.05 bits per heavy atom. The van der Waals surface area contributed by atoms with Crippen LogP contribution in [0, 0.1) is 0 Å². The first-order valence-corrected chi connectivity index (χ1v) is 7.81. The van der Waals surface area contributed by atoms with Crippen LogP contribution in [-0.4, -0.2) is 12.6 Å². The monoisotopic (exact) mass is 321 g/mol. The summed E-state index contributed by atoms with van der Waals surface area (Å²) in [6.45, 7) is 0.731. The van der Waals surface area contributed by atoms with Crippen LogP contribution in [0.1, 0.15) is 16.7 Å². The minimum absolute atomic E-state index is 0.0259. The summed E-state index contributed by atoms with van der Waals surface area (Å²) in [7, 11) is 0. The first kappa shape index (κ1) is 14.7. The van der Waals surface area contributed by atoms with Gasteiger partial charge in [-0.05, 0) is 53.8 Å². The van der Waals surface area contributed by atoms with Crippen LogP contribution in [0.2, 0.25) is 10.0 Å².